The van der Waals surface area contributed by atoms with E-state index in [4.69, 9.17) is 28.6 Å². The maximum absolute atomic E-state index is 13.6. The van der Waals surface area contributed by atoms with Crippen molar-refractivity contribution in [2.75, 3.05) is 10.2 Å². The number of amides is 1. The summed E-state index contributed by atoms with van der Waals surface area (Å²) in [7, 11) is 0. The number of anilines is 2. The molecule has 3 atom stereocenters. The topological polar surface area (TPSA) is 53.6 Å². The Labute approximate surface area is 195 Å². The van der Waals surface area contributed by atoms with Crippen molar-refractivity contribution in [1.29, 1.82) is 0 Å². The zero-order chi connectivity index (χ0) is 22.5. The van der Waals surface area contributed by atoms with Crippen LogP contribution in [0.15, 0.2) is 72.8 Å². The van der Waals surface area contributed by atoms with Crippen LogP contribution in [0.25, 0.3) is 0 Å². The van der Waals surface area contributed by atoms with Gasteiger partial charge in [0.1, 0.15) is 17.5 Å². The zero-order valence-corrected chi connectivity index (χ0v) is 18.6. The number of benzene rings is 3. The molecule has 1 saturated heterocycles. The second kappa shape index (κ2) is 7.76. The van der Waals surface area contributed by atoms with Gasteiger partial charge in [0.25, 0.3) is 0 Å². The first-order valence-electron chi connectivity index (χ1n) is 10.1. The summed E-state index contributed by atoms with van der Waals surface area (Å²) in [4.78, 5) is 15.4. The Bertz CT molecular complexity index is 1200. The molecule has 2 aliphatic heterocycles. The molecule has 162 valence electrons. The van der Waals surface area contributed by atoms with E-state index in [0.717, 1.165) is 5.56 Å². The number of hydrogen-bond donors (Lipinski definition) is 2. The van der Waals surface area contributed by atoms with Gasteiger partial charge in [0.05, 0.1) is 6.04 Å². The highest BCUT2D eigenvalue weighted by molar-refractivity contribution is 7.80. The molecule has 5 nitrogen and oxygen atoms in total. The SMILES string of the molecule is C[C@@]12Oc3ccccc3[C@H](NC(=S)N1c1ccc(F)cc1)[C@@H]2C(=O)Nc1ccc(Cl)cc1. The van der Waals surface area contributed by atoms with Crippen LogP contribution in [-0.4, -0.2) is 16.7 Å². The molecule has 0 aliphatic carbocycles. The minimum Gasteiger partial charge on any atom is -0.467 e. The van der Waals surface area contributed by atoms with Gasteiger partial charge < -0.3 is 15.4 Å². The number of para-hydroxylation sites is 1. The maximum Gasteiger partial charge on any atom is 0.236 e. The van der Waals surface area contributed by atoms with Gasteiger partial charge in [-0.05, 0) is 73.7 Å². The lowest BCUT2D eigenvalue weighted by Crippen LogP contribution is -2.72. The second-order valence-electron chi connectivity index (χ2n) is 7.91. The van der Waals surface area contributed by atoms with Gasteiger partial charge in [-0.15, -0.1) is 0 Å². The predicted octanol–water partition coefficient (Wildman–Crippen LogP) is 5.28. The molecule has 5 rings (SSSR count). The summed E-state index contributed by atoms with van der Waals surface area (Å²) < 4.78 is 20.1. The third-order valence-corrected chi connectivity index (χ3v) is 6.44. The van der Waals surface area contributed by atoms with Crippen molar-refractivity contribution in [3.05, 3.63) is 89.2 Å². The summed E-state index contributed by atoms with van der Waals surface area (Å²) in [5.41, 5.74) is 0.932. The molecule has 3 aromatic carbocycles. The molecular weight excluding hydrogens is 449 g/mol. The van der Waals surface area contributed by atoms with Crippen molar-refractivity contribution in [1.82, 2.24) is 5.32 Å². The Hall–Kier alpha value is -3.16. The minimum atomic E-state index is -1.16. The van der Waals surface area contributed by atoms with Crippen LogP contribution in [0, 0.1) is 11.7 Å². The Morgan fingerprint density at radius 3 is 2.53 bits per heavy atom. The van der Waals surface area contributed by atoms with Crippen molar-refractivity contribution in [2.45, 2.75) is 18.7 Å². The number of halogens is 2. The van der Waals surface area contributed by atoms with Gasteiger partial charge in [0.15, 0.2) is 10.8 Å². The van der Waals surface area contributed by atoms with Crippen LogP contribution in [0.5, 0.6) is 5.75 Å². The van der Waals surface area contributed by atoms with Crippen molar-refractivity contribution in [2.24, 2.45) is 5.92 Å². The zero-order valence-electron chi connectivity index (χ0n) is 17.0. The van der Waals surface area contributed by atoms with Crippen molar-refractivity contribution >= 4 is 46.2 Å². The van der Waals surface area contributed by atoms with Gasteiger partial charge in [0, 0.05) is 22.0 Å². The van der Waals surface area contributed by atoms with Crippen LogP contribution in [0.1, 0.15) is 18.5 Å². The molecule has 0 unspecified atom stereocenters. The number of carbonyl (C=O) groups excluding carboxylic acids is 1. The first kappa shape index (κ1) is 20.7. The third-order valence-electron chi connectivity index (χ3n) is 5.89. The summed E-state index contributed by atoms with van der Waals surface area (Å²) >= 11 is 11.7. The van der Waals surface area contributed by atoms with E-state index in [9.17, 15) is 9.18 Å². The molecule has 1 fully saturated rings. The lowest BCUT2D eigenvalue weighted by molar-refractivity contribution is -0.130. The van der Waals surface area contributed by atoms with E-state index in [2.05, 4.69) is 10.6 Å². The quantitative estimate of drug-likeness (QED) is 0.513. The normalized spacial score (nSPS) is 23.6. The molecule has 2 aliphatic rings. The fourth-order valence-corrected chi connectivity index (χ4v) is 5.00. The van der Waals surface area contributed by atoms with Crippen LogP contribution in [-0.2, 0) is 4.79 Å². The van der Waals surface area contributed by atoms with Crippen LogP contribution >= 0.6 is 23.8 Å². The third kappa shape index (κ3) is 3.38. The molecule has 3 aromatic rings. The van der Waals surface area contributed by atoms with Crippen LogP contribution in [0.2, 0.25) is 5.02 Å². The highest BCUT2D eigenvalue weighted by atomic mass is 35.5. The molecule has 2 heterocycles. The van der Waals surface area contributed by atoms with E-state index in [1.165, 1.54) is 12.1 Å². The Morgan fingerprint density at radius 1 is 1.12 bits per heavy atom. The summed E-state index contributed by atoms with van der Waals surface area (Å²) in [6.07, 6.45) is 0. The smallest absolute Gasteiger partial charge is 0.236 e. The number of rotatable bonds is 3. The minimum absolute atomic E-state index is 0.239. The number of thiocarbonyl (C=S) groups is 1. The first-order chi connectivity index (χ1) is 15.4. The Kier molecular flexibility index (Phi) is 5.03. The average molecular weight is 468 g/mol. The molecule has 2 N–H and O–H groups in total. The van der Waals surface area contributed by atoms with Gasteiger partial charge in [0.2, 0.25) is 5.91 Å². The van der Waals surface area contributed by atoms with Crippen molar-refractivity contribution in [3.8, 4) is 5.75 Å². The van der Waals surface area contributed by atoms with Crippen molar-refractivity contribution < 1.29 is 13.9 Å². The molecule has 1 amide bonds. The standard InChI is InChI=1S/C24H19ClFN3O2S/c1-24-20(22(30)27-16-10-6-14(25)7-11-16)21(18-4-2-3-5-19(18)31-24)28-23(32)29(24)17-12-8-15(26)9-13-17/h2-13,20-21H,1H3,(H,27,30)(H,28,32)/t20-,21+,24+/m1/s1. The lowest BCUT2D eigenvalue weighted by Gasteiger charge is -2.56. The number of nitrogens with zero attached hydrogens (tertiary/aromatic N) is 1. The fourth-order valence-electron chi connectivity index (χ4n) is 4.46. The van der Waals surface area contributed by atoms with E-state index in [1.54, 1.807) is 41.3 Å². The fraction of sp³-hybridized carbons (Fsp3) is 0.167. The van der Waals surface area contributed by atoms with Gasteiger partial charge in [-0.1, -0.05) is 29.8 Å². The van der Waals surface area contributed by atoms with Crippen LogP contribution in [0.4, 0.5) is 15.8 Å². The average Bonchev–Trinajstić information content (AvgIpc) is 2.76. The molecule has 0 spiro atoms. The highest BCUT2D eigenvalue weighted by Crippen LogP contribution is 2.49. The lowest BCUT2D eigenvalue weighted by atomic mass is 9.78. The van der Waals surface area contributed by atoms with Gasteiger partial charge in [-0.3, -0.25) is 9.69 Å². The Morgan fingerprint density at radius 2 is 1.81 bits per heavy atom. The van der Waals surface area contributed by atoms with Crippen molar-refractivity contribution in [3.63, 3.8) is 0 Å². The van der Waals surface area contributed by atoms with E-state index in [0.29, 0.717) is 27.3 Å². The molecular formula is C24H19ClFN3O2S. The van der Waals surface area contributed by atoms with E-state index >= 15 is 0 Å². The second-order valence-corrected chi connectivity index (χ2v) is 8.73. The van der Waals surface area contributed by atoms with Gasteiger partial charge >= 0.3 is 0 Å². The summed E-state index contributed by atoms with van der Waals surface area (Å²) in [6, 6.07) is 20.0. The van der Waals surface area contributed by atoms with E-state index in [1.807, 2.05) is 31.2 Å². The number of nitrogens with one attached hydrogen (secondary N) is 2. The highest BCUT2D eigenvalue weighted by Gasteiger charge is 2.59. The molecule has 0 saturated carbocycles. The van der Waals surface area contributed by atoms with Crippen LogP contribution in [0.3, 0.4) is 0 Å². The molecule has 0 aromatic heterocycles. The summed E-state index contributed by atoms with van der Waals surface area (Å²) in [6.45, 7) is 1.83. The summed E-state index contributed by atoms with van der Waals surface area (Å²) in [5, 5.41) is 7.27. The first-order valence-corrected chi connectivity index (χ1v) is 10.9. The van der Waals surface area contributed by atoms with E-state index in [-0.39, 0.29) is 11.7 Å². The monoisotopic (exact) mass is 467 g/mol. The van der Waals surface area contributed by atoms with Crippen LogP contribution < -0.4 is 20.3 Å². The molecule has 8 heteroatoms. The summed E-state index contributed by atoms with van der Waals surface area (Å²) in [5.74, 6) is -0.612. The molecule has 2 bridgehead atoms. The van der Waals surface area contributed by atoms with E-state index < -0.39 is 17.7 Å². The number of hydrogen-bond acceptors (Lipinski definition) is 3. The van der Waals surface area contributed by atoms with Gasteiger partial charge in [-0.2, -0.15) is 0 Å². The number of ether oxygens (including phenoxy) is 1. The largest absolute Gasteiger partial charge is 0.467 e. The Balaban J connectivity index is 1.60. The molecule has 32 heavy (non-hydrogen) atoms. The van der Waals surface area contributed by atoms with Gasteiger partial charge in [-0.25, -0.2) is 4.39 Å². The maximum atomic E-state index is 13.6. The number of fused-ring (bicyclic) bond motifs is 4. The molecule has 0 radical (unpaired) electrons. The predicted molar refractivity (Wildman–Crippen MR) is 126 cm³/mol. The number of carbonyl (C=O) groups is 1.